The molecule has 168 valence electrons. The van der Waals surface area contributed by atoms with Crippen molar-refractivity contribution >= 4 is 13.9 Å². The van der Waals surface area contributed by atoms with E-state index in [1.165, 1.54) is 17.6 Å². The topological polar surface area (TPSA) is 9.23 Å². The molecule has 0 saturated heterocycles. The zero-order chi connectivity index (χ0) is 23.0. The van der Waals surface area contributed by atoms with Crippen molar-refractivity contribution in [2.24, 2.45) is 5.41 Å². The van der Waals surface area contributed by atoms with Crippen molar-refractivity contribution in [1.29, 1.82) is 0 Å². The number of hydrogen-bond donors (Lipinski definition) is 0. The Kier molecular flexibility index (Phi) is 6.70. The van der Waals surface area contributed by atoms with Crippen LogP contribution < -0.4 is 0 Å². The van der Waals surface area contributed by atoms with E-state index in [0.717, 1.165) is 29.5 Å². The molecule has 0 aromatic heterocycles. The summed E-state index contributed by atoms with van der Waals surface area (Å²) in [5, 5.41) is 0.175. The maximum atomic E-state index is 14.9. The summed E-state index contributed by atoms with van der Waals surface area (Å²) in [6.07, 6.45) is 5.81. The Morgan fingerprint density at radius 3 is 2.35 bits per heavy atom. The van der Waals surface area contributed by atoms with Gasteiger partial charge in [-0.1, -0.05) is 64.5 Å². The van der Waals surface area contributed by atoms with Crippen LogP contribution in [0.2, 0.25) is 18.1 Å². The average Bonchev–Trinajstić information content (AvgIpc) is 2.67. The van der Waals surface area contributed by atoms with Crippen molar-refractivity contribution in [3.8, 4) is 11.1 Å². The number of benzene rings is 2. The van der Waals surface area contributed by atoms with E-state index in [0.29, 0.717) is 12.2 Å². The lowest BCUT2D eigenvalue weighted by atomic mass is 9.71. The standard InChI is InChI=1S/C28H39FOSi/c1-20-12-15-26(29)24(17-20)22-14-13-21(19-30-31(7,8)27(2,3)4)18-23(22)25-11-9-10-16-28(25,5)6/h11-15,17-18H,9-10,16,19H2,1-8H3. The maximum Gasteiger partial charge on any atom is 0.192 e. The molecule has 3 rings (SSSR count). The lowest BCUT2D eigenvalue weighted by Gasteiger charge is -2.36. The third-order valence-electron chi connectivity index (χ3n) is 7.28. The maximum absolute atomic E-state index is 14.9. The first kappa shape index (κ1) is 23.9. The molecular formula is C28H39FOSi. The summed E-state index contributed by atoms with van der Waals surface area (Å²) < 4.78 is 21.4. The second-order valence-electron chi connectivity index (χ2n) is 11.3. The Morgan fingerprint density at radius 1 is 1.00 bits per heavy atom. The van der Waals surface area contributed by atoms with Crippen molar-refractivity contribution in [2.75, 3.05) is 0 Å². The molecule has 0 aliphatic heterocycles. The fourth-order valence-electron chi connectivity index (χ4n) is 4.14. The molecule has 1 aliphatic rings. The van der Waals surface area contributed by atoms with E-state index in [1.54, 1.807) is 6.07 Å². The highest BCUT2D eigenvalue weighted by Gasteiger charge is 2.37. The molecule has 0 spiro atoms. The van der Waals surface area contributed by atoms with Gasteiger partial charge < -0.3 is 4.43 Å². The fourth-order valence-corrected chi connectivity index (χ4v) is 5.10. The molecule has 0 atom stereocenters. The number of halogens is 1. The van der Waals surface area contributed by atoms with Gasteiger partial charge in [0.1, 0.15) is 5.82 Å². The third-order valence-corrected chi connectivity index (χ3v) is 11.8. The molecule has 0 fully saturated rings. The first-order valence-electron chi connectivity index (χ1n) is 11.6. The Hall–Kier alpha value is -1.71. The summed E-state index contributed by atoms with van der Waals surface area (Å²) in [5.74, 6) is -0.161. The van der Waals surface area contributed by atoms with Gasteiger partial charge >= 0.3 is 0 Å². The van der Waals surface area contributed by atoms with Crippen LogP contribution in [0.4, 0.5) is 4.39 Å². The highest BCUT2D eigenvalue weighted by molar-refractivity contribution is 6.74. The van der Waals surface area contributed by atoms with Crippen LogP contribution in [0.5, 0.6) is 0 Å². The number of allylic oxidation sites excluding steroid dienone is 2. The van der Waals surface area contributed by atoms with Crippen LogP contribution in [0.1, 0.15) is 70.6 Å². The van der Waals surface area contributed by atoms with E-state index in [1.807, 2.05) is 19.1 Å². The Bertz CT molecular complexity index is 979. The molecule has 0 N–H and O–H groups in total. The van der Waals surface area contributed by atoms with E-state index >= 15 is 0 Å². The summed E-state index contributed by atoms with van der Waals surface area (Å²) in [4.78, 5) is 0. The van der Waals surface area contributed by atoms with Crippen LogP contribution in [-0.4, -0.2) is 8.32 Å². The zero-order valence-electron chi connectivity index (χ0n) is 20.7. The Morgan fingerprint density at radius 2 is 1.71 bits per heavy atom. The van der Waals surface area contributed by atoms with Gasteiger partial charge in [0.05, 0.1) is 6.61 Å². The van der Waals surface area contributed by atoms with Gasteiger partial charge in [-0.05, 0) is 90.2 Å². The van der Waals surface area contributed by atoms with Gasteiger partial charge in [0.15, 0.2) is 8.32 Å². The third kappa shape index (κ3) is 5.20. The van der Waals surface area contributed by atoms with E-state index in [2.05, 4.69) is 72.0 Å². The lowest BCUT2D eigenvalue weighted by Crippen LogP contribution is -2.40. The minimum absolute atomic E-state index is 0.0756. The summed E-state index contributed by atoms with van der Waals surface area (Å²) in [6.45, 7) is 18.6. The summed E-state index contributed by atoms with van der Waals surface area (Å²) in [7, 11) is -1.84. The fraction of sp³-hybridized carbons (Fsp3) is 0.500. The molecule has 0 heterocycles. The predicted octanol–water partition coefficient (Wildman–Crippen LogP) is 8.92. The van der Waals surface area contributed by atoms with E-state index in [4.69, 9.17) is 4.43 Å². The second kappa shape index (κ2) is 8.67. The molecule has 0 radical (unpaired) electrons. The summed E-state index contributed by atoms with van der Waals surface area (Å²) in [5.41, 5.74) is 6.48. The quantitative estimate of drug-likeness (QED) is 0.423. The molecule has 3 heteroatoms. The smallest absolute Gasteiger partial charge is 0.192 e. The van der Waals surface area contributed by atoms with Crippen LogP contribution in [0.15, 0.2) is 42.5 Å². The predicted molar refractivity (Wildman–Crippen MR) is 134 cm³/mol. The highest BCUT2D eigenvalue weighted by Crippen LogP contribution is 2.46. The van der Waals surface area contributed by atoms with Gasteiger partial charge in [0.2, 0.25) is 0 Å². The van der Waals surface area contributed by atoms with E-state index < -0.39 is 8.32 Å². The van der Waals surface area contributed by atoms with Gasteiger partial charge in [-0.15, -0.1) is 0 Å². The molecule has 0 amide bonds. The van der Waals surface area contributed by atoms with Crippen molar-refractivity contribution in [1.82, 2.24) is 0 Å². The number of rotatable bonds is 5. The second-order valence-corrected chi connectivity index (χ2v) is 16.1. The minimum atomic E-state index is -1.84. The molecule has 31 heavy (non-hydrogen) atoms. The molecule has 1 nitrogen and oxygen atoms in total. The van der Waals surface area contributed by atoms with Crippen LogP contribution in [-0.2, 0) is 11.0 Å². The van der Waals surface area contributed by atoms with E-state index in [-0.39, 0.29) is 16.3 Å². The molecule has 0 unspecified atom stereocenters. The van der Waals surface area contributed by atoms with E-state index in [9.17, 15) is 4.39 Å². The largest absolute Gasteiger partial charge is 0.413 e. The van der Waals surface area contributed by atoms with Crippen LogP contribution >= 0.6 is 0 Å². The van der Waals surface area contributed by atoms with Crippen molar-refractivity contribution < 1.29 is 8.82 Å². The molecule has 2 aromatic carbocycles. The average molecular weight is 439 g/mol. The lowest BCUT2D eigenvalue weighted by molar-refractivity contribution is 0.276. The molecule has 2 aromatic rings. The van der Waals surface area contributed by atoms with Gasteiger partial charge in [0.25, 0.3) is 0 Å². The van der Waals surface area contributed by atoms with Crippen LogP contribution in [0.25, 0.3) is 16.7 Å². The minimum Gasteiger partial charge on any atom is -0.413 e. The number of hydrogen-bond acceptors (Lipinski definition) is 1. The Labute approximate surface area is 189 Å². The first-order chi connectivity index (χ1) is 14.3. The van der Waals surface area contributed by atoms with Crippen LogP contribution in [0, 0.1) is 18.2 Å². The van der Waals surface area contributed by atoms with Gasteiger partial charge in [-0.25, -0.2) is 4.39 Å². The van der Waals surface area contributed by atoms with Gasteiger partial charge in [-0.2, -0.15) is 0 Å². The molecular weight excluding hydrogens is 399 g/mol. The first-order valence-corrected chi connectivity index (χ1v) is 14.5. The van der Waals surface area contributed by atoms with Gasteiger partial charge in [-0.3, -0.25) is 0 Å². The Balaban J connectivity index is 2.09. The summed E-state index contributed by atoms with van der Waals surface area (Å²) >= 11 is 0. The number of aryl methyl sites for hydroxylation is 1. The van der Waals surface area contributed by atoms with Crippen molar-refractivity contribution in [2.45, 2.75) is 85.5 Å². The zero-order valence-corrected chi connectivity index (χ0v) is 21.7. The van der Waals surface area contributed by atoms with Gasteiger partial charge in [0, 0.05) is 5.56 Å². The molecule has 1 aliphatic carbocycles. The highest BCUT2D eigenvalue weighted by atomic mass is 28.4. The monoisotopic (exact) mass is 438 g/mol. The van der Waals surface area contributed by atoms with Crippen molar-refractivity contribution in [3.63, 3.8) is 0 Å². The normalized spacial score (nSPS) is 16.9. The summed E-state index contributed by atoms with van der Waals surface area (Å²) in [6, 6.07) is 11.9. The van der Waals surface area contributed by atoms with Crippen molar-refractivity contribution in [3.05, 3.63) is 65.0 Å². The SMILES string of the molecule is Cc1ccc(F)c(-c2ccc(CO[Si](C)(C)C(C)(C)C)cc2C2=CCCCC2(C)C)c1. The molecule has 0 saturated carbocycles. The van der Waals surface area contributed by atoms with Crippen LogP contribution in [0.3, 0.4) is 0 Å². The molecule has 0 bridgehead atoms.